The lowest BCUT2D eigenvalue weighted by Crippen LogP contribution is -2.33. The molecule has 3 aliphatic rings. The number of nitrogens with zero attached hydrogens (tertiary/aromatic N) is 1. The van der Waals surface area contributed by atoms with Crippen molar-refractivity contribution in [3.63, 3.8) is 0 Å². The van der Waals surface area contributed by atoms with Crippen molar-refractivity contribution in [1.29, 1.82) is 0 Å². The molecule has 0 bridgehead atoms. The SMILES string of the molecule is O=C(c1ccccc1)N(Cc1c2c(cc3c1OCC3)OCC2)C1CC1. The standard InChI is InChI=1S/C21H21NO3/c23-21(14-4-2-1-3-5-14)22(16-6-7-16)13-18-17-9-11-24-19(17)12-15-8-10-25-20(15)18/h1-5,12,16H,6-11,13H2. The van der Waals surface area contributed by atoms with Crippen LogP contribution < -0.4 is 9.47 Å². The van der Waals surface area contributed by atoms with Gasteiger partial charge in [-0.1, -0.05) is 18.2 Å². The first-order chi connectivity index (χ1) is 12.3. The molecule has 0 atom stereocenters. The Bertz CT molecular complexity index is 795. The van der Waals surface area contributed by atoms with Gasteiger partial charge in [0.1, 0.15) is 11.5 Å². The average Bonchev–Trinajstić information content (AvgIpc) is 3.18. The van der Waals surface area contributed by atoms with Gasteiger partial charge < -0.3 is 14.4 Å². The summed E-state index contributed by atoms with van der Waals surface area (Å²) in [6.07, 6.45) is 4.01. The van der Waals surface area contributed by atoms with Gasteiger partial charge in [0.05, 0.1) is 19.8 Å². The fourth-order valence-electron chi connectivity index (χ4n) is 3.92. The molecule has 25 heavy (non-hydrogen) atoms. The largest absolute Gasteiger partial charge is 0.493 e. The summed E-state index contributed by atoms with van der Waals surface area (Å²) in [4.78, 5) is 15.1. The molecule has 5 rings (SSSR count). The molecule has 0 unspecified atom stereocenters. The average molecular weight is 335 g/mol. The first kappa shape index (κ1) is 14.8. The van der Waals surface area contributed by atoms with E-state index in [1.807, 2.05) is 35.2 Å². The Morgan fingerprint density at radius 2 is 1.88 bits per heavy atom. The summed E-state index contributed by atoms with van der Waals surface area (Å²) in [7, 11) is 0. The Kier molecular flexibility index (Phi) is 3.44. The Labute approximate surface area is 147 Å². The molecular formula is C21H21NO3. The molecule has 4 nitrogen and oxygen atoms in total. The molecule has 1 saturated carbocycles. The summed E-state index contributed by atoms with van der Waals surface area (Å²) in [6, 6.07) is 12.1. The third-order valence-electron chi connectivity index (χ3n) is 5.36. The van der Waals surface area contributed by atoms with Crippen LogP contribution in [-0.4, -0.2) is 30.1 Å². The lowest BCUT2D eigenvalue weighted by Gasteiger charge is -2.25. The molecule has 1 amide bonds. The van der Waals surface area contributed by atoms with Crippen LogP contribution in [0.1, 0.15) is 39.9 Å². The van der Waals surface area contributed by atoms with Crippen molar-refractivity contribution in [1.82, 2.24) is 4.90 Å². The quantitative estimate of drug-likeness (QED) is 0.860. The van der Waals surface area contributed by atoms with Gasteiger partial charge in [-0.15, -0.1) is 0 Å². The molecule has 1 aliphatic carbocycles. The molecule has 2 aromatic carbocycles. The van der Waals surface area contributed by atoms with Crippen molar-refractivity contribution in [2.75, 3.05) is 13.2 Å². The highest BCUT2D eigenvalue weighted by Crippen LogP contribution is 2.42. The summed E-state index contributed by atoms with van der Waals surface area (Å²) >= 11 is 0. The zero-order valence-corrected chi connectivity index (χ0v) is 14.2. The van der Waals surface area contributed by atoms with Gasteiger partial charge >= 0.3 is 0 Å². The zero-order valence-electron chi connectivity index (χ0n) is 14.2. The zero-order chi connectivity index (χ0) is 16.8. The number of rotatable bonds is 4. The van der Waals surface area contributed by atoms with Crippen LogP contribution in [0.3, 0.4) is 0 Å². The van der Waals surface area contributed by atoms with E-state index in [0.717, 1.165) is 56.0 Å². The first-order valence-corrected chi connectivity index (χ1v) is 9.10. The first-order valence-electron chi connectivity index (χ1n) is 9.10. The van der Waals surface area contributed by atoms with E-state index >= 15 is 0 Å². The van der Waals surface area contributed by atoms with E-state index < -0.39 is 0 Å². The lowest BCUT2D eigenvalue weighted by molar-refractivity contribution is 0.0728. The number of carbonyl (C=O) groups excluding carboxylic acids is 1. The van der Waals surface area contributed by atoms with E-state index in [9.17, 15) is 4.79 Å². The number of hydrogen-bond donors (Lipinski definition) is 0. The Balaban J connectivity index is 1.52. The van der Waals surface area contributed by atoms with Crippen LogP contribution >= 0.6 is 0 Å². The Hall–Kier alpha value is -2.49. The highest BCUT2D eigenvalue weighted by atomic mass is 16.5. The minimum Gasteiger partial charge on any atom is -0.493 e. The number of carbonyl (C=O) groups is 1. The van der Waals surface area contributed by atoms with E-state index in [1.54, 1.807) is 0 Å². The monoisotopic (exact) mass is 335 g/mol. The topological polar surface area (TPSA) is 38.8 Å². The molecule has 2 aromatic rings. The molecular weight excluding hydrogens is 314 g/mol. The molecule has 2 aliphatic heterocycles. The third-order valence-corrected chi connectivity index (χ3v) is 5.36. The normalized spacial score (nSPS) is 17.4. The van der Waals surface area contributed by atoms with Crippen molar-refractivity contribution in [3.8, 4) is 11.5 Å². The van der Waals surface area contributed by atoms with Gasteiger partial charge in [-0.25, -0.2) is 0 Å². The van der Waals surface area contributed by atoms with Gasteiger partial charge in [-0.05, 0) is 31.0 Å². The Morgan fingerprint density at radius 1 is 1.08 bits per heavy atom. The molecule has 0 spiro atoms. The number of amides is 1. The molecule has 0 aromatic heterocycles. The maximum absolute atomic E-state index is 13.1. The predicted molar refractivity (Wildman–Crippen MR) is 94.2 cm³/mol. The summed E-state index contributed by atoms with van der Waals surface area (Å²) in [6.45, 7) is 2.07. The third kappa shape index (κ3) is 2.56. The van der Waals surface area contributed by atoms with Crippen LogP contribution in [0.15, 0.2) is 36.4 Å². The van der Waals surface area contributed by atoms with Crippen molar-refractivity contribution in [2.45, 2.75) is 38.3 Å². The van der Waals surface area contributed by atoms with E-state index in [2.05, 4.69) is 6.07 Å². The highest BCUT2D eigenvalue weighted by molar-refractivity contribution is 5.94. The van der Waals surface area contributed by atoms with Crippen LogP contribution in [0.4, 0.5) is 0 Å². The smallest absolute Gasteiger partial charge is 0.254 e. The number of fused-ring (bicyclic) bond motifs is 2. The second kappa shape index (κ2) is 5.80. The van der Waals surface area contributed by atoms with Crippen LogP contribution in [-0.2, 0) is 19.4 Å². The van der Waals surface area contributed by atoms with Gasteiger partial charge in [0.2, 0.25) is 0 Å². The summed E-state index contributed by atoms with van der Waals surface area (Å²) in [5, 5.41) is 0. The minimum atomic E-state index is 0.117. The second-order valence-electron chi connectivity index (χ2n) is 7.05. The molecule has 2 heterocycles. The van der Waals surface area contributed by atoms with Crippen molar-refractivity contribution < 1.29 is 14.3 Å². The minimum absolute atomic E-state index is 0.117. The van der Waals surface area contributed by atoms with Crippen molar-refractivity contribution in [3.05, 3.63) is 58.7 Å². The van der Waals surface area contributed by atoms with Gasteiger partial charge in [0.15, 0.2) is 0 Å². The predicted octanol–water partition coefficient (Wildman–Crippen LogP) is 3.36. The van der Waals surface area contributed by atoms with Crippen LogP contribution in [0.5, 0.6) is 11.5 Å². The number of ether oxygens (including phenoxy) is 2. The molecule has 0 N–H and O–H groups in total. The summed E-state index contributed by atoms with van der Waals surface area (Å²) < 4.78 is 11.8. The molecule has 1 fully saturated rings. The van der Waals surface area contributed by atoms with E-state index in [-0.39, 0.29) is 5.91 Å². The van der Waals surface area contributed by atoms with E-state index in [0.29, 0.717) is 12.6 Å². The van der Waals surface area contributed by atoms with Crippen LogP contribution in [0.25, 0.3) is 0 Å². The highest BCUT2D eigenvalue weighted by Gasteiger charge is 2.36. The number of hydrogen-bond acceptors (Lipinski definition) is 3. The second-order valence-corrected chi connectivity index (χ2v) is 7.05. The lowest BCUT2D eigenvalue weighted by atomic mass is 9.98. The molecule has 0 radical (unpaired) electrons. The number of benzene rings is 2. The van der Waals surface area contributed by atoms with Gasteiger partial charge in [-0.3, -0.25) is 4.79 Å². The summed E-state index contributed by atoms with van der Waals surface area (Å²) in [5.74, 6) is 2.10. The van der Waals surface area contributed by atoms with Crippen LogP contribution in [0, 0.1) is 0 Å². The summed E-state index contributed by atoms with van der Waals surface area (Å²) in [5.41, 5.74) is 4.38. The van der Waals surface area contributed by atoms with Gasteiger partial charge in [0, 0.05) is 41.1 Å². The molecule has 128 valence electrons. The van der Waals surface area contributed by atoms with E-state index in [4.69, 9.17) is 9.47 Å². The fourth-order valence-corrected chi connectivity index (χ4v) is 3.92. The van der Waals surface area contributed by atoms with Crippen molar-refractivity contribution in [2.24, 2.45) is 0 Å². The van der Waals surface area contributed by atoms with E-state index in [1.165, 1.54) is 16.7 Å². The van der Waals surface area contributed by atoms with Gasteiger partial charge in [0.25, 0.3) is 5.91 Å². The maximum Gasteiger partial charge on any atom is 0.254 e. The molecule has 0 saturated heterocycles. The van der Waals surface area contributed by atoms with Crippen LogP contribution in [0.2, 0.25) is 0 Å². The van der Waals surface area contributed by atoms with Gasteiger partial charge in [-0.2, -0.15) is 0 Å². The fraction of sp³-hybridized carbons (Fsp3) is 0.381. The van der Waals surface area contributed by atoms with Crippen molar-refractivity contribution >= 4 is 5.91 Å². The molecule has 4 heteroatoms. The Morgan fingerprint density at radius 3 is 2.68 bits per heavy atom. The maximum atomic E-state index is 13.1.